The van der Waals surface area contributed by atoms with Crippen LogP contribution in [0, 0.1) is 0 Å². The molecule has 0 saturated carbocycles. The third kappa shape index (κ3) is 3.65. The predicted molar refractivity (Wildman–Crippen MR) is 79.9 cm³/mol. The predicted octanol–water partition coefficient (Wildman–Crippen LogP) is 3.54. The molecule has 0 bridgehead atoms. The largest absolute Gasteiger partial charge is 0.494 e. The van der Waals surface area contributed by atoms with Crippen molar-refractivity contribution in [3.8, 4) is 5.75 Å². The van der Waals surface area contributed by atoms with Crippen LogP contribution < -0.4 is 9.46 Å². The zero-order valence-corrected chi connectivity index (χ0v) is 12.4. The van der Waals surface area contributed by atoms with E-state index in [0.717, 1.165) is 0 Å². The van der Waals surface area contributed by atoms with Gasteiger partial charge >= 0.3 is 0 Å². The summed E-state index contributed by atoms with van der Waals surface area (Å²) in [6.07, 6.45) is 0. The first-order valence-corrected chi connectivity index (χ1v) is 7.88. The second-order valence-corrected chi connectivity index (χ2v) is 6.14. The Hall–Kier alpha value is -1.72. The van der Waals surface area contributed by atoms with Crippen molar-refractivity contribution in [2.75, 3.05) is 11.3 Å². The molecule has 0 amide bonds. The summed E-state index contributed by atoms with van der Waals surface area (Å²) in [6, 6.07) is 12.7. The molecule has 0 aliphatic carbocycles. The lowest BCUT2D eigenvalue weighted by Gasteiger charge is -2.09. The quantitative estimate of drug-likeness (QED) is 0.919. The Kier molecular flexibility index (Phi) is 4.52. The van der Waals surface area contributed by atoms with Gasteiger partial charge in [-0.2, -0.15) is 0 Å². The number of nitrogens with one attached hydrogen (secondary N) is 1. The van der Waals surface area contributed by atoms with Crippen LogP contribution in [0.25, 0.3) is 0 Å². The fourth-order valence-electron chi connectivity index (χ4n) is 1.61. The number of hydrogen-bond donors (Lipinski definition) is 1. The Morgan fingerprint density at radius 3 is 2.20 bits per heavy atom. The highest BCUT2D eigenvalue weighted by Crippen LogP contribution is 2.20. The summed E-state index contributed by atoms with van der Waals surface area (Å²) in [7, 11) is -3.60. The van der Waals surface area contributed by atoms with Crippen molar-refractivity contribution in [1.29, 1.82) is 0 Å². The highest BCUT2D eigenvalue weighted by atomic mass is 35.5. The van der Waals surface area contributed by atoms with Gasteiger partial charge in [-0.15, -0.1) is 0 Å². The SMILES string of the molecule is CCOc1ccc(NS(=O)(=O)c2ccc(Cl)cc2)cc1. The van der Waals surface area contributed by atoms with Crippen LogP contribution >= 0.6 is 11.6 Å². The van der Waals surface area contributed by atoms with Gasteiger partial charge in [0.2, 0.25) is 0 Å². The van der Waals surface area contributed by atoms with Crippen LogP contribution in [-0.2, 0) is 10.0 Å². The highest BCUT2D eigenvalue weighted by molar-refractivity contribution is 7.92. The standard InChI is InChI=1S/C14H14ClNO3S/c1-2-19-13-7-5-12(6-8-13)16-20(17,18)14-9-3-11(15)4-10-14/h3-10,16H,2H2,1H3. The molecule has 106 valence electrons. The van der Waals surface area contributed by atoms with Gasteiger partial charge in [-0.05, 0) is 55.5 Å². The van der Waals surface area contributed by atoms with Gasteiger partial charge in [0.1, 0.15) is 5.75 Å². The van der Waals surface area contributed by atoms with Gasteiger partial charge in [0.15, 0.2) is 0 Å². The van der Waals surface area contributed by atoms with E-state index in [-0.39, 0.29) is 4.90 Å². The topological polar surface area (TPSA) is 55.4 Å². The molecule has 0 unspecified atom stereocenters. The molecule has 0 aliphatic heterocycles. The molecule has 1 N–H and O–H groups in total. The Balaban J connectivity index is 2.17. The first-order valence-electron chi connectivity index (χ1n) is 6.02. The third-order valence-electron chi connectivity index (χ3n) is 2.54. The first kappa shape index (κ1) is 14.7. The maximum atomic E-state index is 12.1. The van der Waals surface area contributed by atoms with E-state index >= 15 is 0 Å². The van der Waals surface area contributed by atoms with E-state index in [1.165, 1.54) is 24.3 Å². The van der Waals surface area contributed by atoms with Crippen LogP contribution in [0.2, 0.25) is 5.02 Å². The van der Waals surface area contributed by atoms with Crippen molar-refractivity contribution >= 4 is 27.3 Å². The monoisotopic (exact) mass is 311 g/mol. The van der Waals surface area contributed by atoms with Crippen molar-refractivity contribution in [2.24, 2.45) is 0 Å². The number of rotatable bonds is 5. The van der Waals surface area contributed by atoms with Gasteiger partial charge in [-0.3, -0.25) is 4.72 Å². The lowest BCUT2D eigenvalue weighted by Crippen LogP contribution is -2.12. The summed E-state index contributed by atoms with van der Waals surface area (Å²) in [5.74, 6) is 0.696. The third-order valence-corrected chi connectivity index (χ3v) is 4.19. The maximum absolute atomic E-state index is 12.1. The molecule has 0 aromatic heterocycles. The molecule has 0 saturated heterocycles. The van der Waals surface area contributed by atoms with Crippen molar-refractivity contribution in [2.45, 2.75) is 11.8 Å². The molecular weight excluding hydrogens is 298 g/mol. The van der Waals surface area contributed by atoms with E-state index < -0.39 is 10.0 Å². The molecule has 0 spiro atoms. The fourth-order valence-corrected chi connectivity index (χ4v) is 2.80. The molecule has 0 fully saturated rings. The summed E-state index contributed by atoms with van der Waals surface area (Å²) in [6.45, 7) is 2.45. The van der Waals surface area contributed by atoms with Crippen LogP contribution in [0.4, 0.5) is 5.69 Å². The Labute approximate surface area is 123 Å². The molecule has 0 heterocycles. The summed E-state index contributed by atoms with van der Waals surface area (Å²) < 4.78 is 32.1. The molecule has 2 rings (SSSR count). The normalized spacial score (nSPS) is 11.1. The molecule has 4 nitrogen and oxygen atoms in total. The minimum Gasteiger partial charge on any atom is -0.494 e. The number of hydrogen-bond acceptors (Lipinski definition) is 3. The van der Waals surface area contributed by atoms with E-state index in [2.05, 4.69) is 4.72 Å². The number of ether oxygens (including phenoxy) is 1. The van der Waals surface area contributed by atoms with Crippen LogP contribution in [0.5, 0.6) is 5.75 Å². The Morgan fingerprint density at radius 1 is 1.05 bits per heavy atom. The van der Waals surface area contributed by atoms with Gasteiger partial charge in [-0.1, -0.05) is 11.6 Å². The number of halogens is 1. The van der Waals surface area contributed by atoms with Gasteiger partial charge < -0.3 is 4.74 Å². The summed E-state index contributed by atoms with van der Waals surface area (Å²) in [5, 5.41) is 0.491. The van der Waals surface area contributed by atoms with Crippen molar-refractivity contribution in [3.63, 3.8) is 0 Å². The molecular formula is C14H14ClNO3S. The van der Waals surface area contributed by atoms with Crippen molar-refractivity contribution in [3.05, 3.63) is 53.6 Å². The van der Waals surface area contributed by atoms with Crippen molar-refractivity contribution < 1.29 is 13.2 Å². The minimum atomic E-state index is -3.60. The van der Waals surface area contributed by atoms with Gasteiger partial charge in [0, 0.05) is 10.7 Å². The number of benzene rings is 2. The average Bonchev–Trinajstić information content (AvgIpc) is 2.41. The Morgan fingerprint density at radius 2 is 1.65 bits per heavy atom. The van der Waals surface area contributed by atoms with E-state index in [1.54, 1.807) is 24.3 Å². The molecule has 0 atom stereocenters. The van der Waals surface area contributed by atoms with E-state index in [4.69, 9.17) is 16.3 Å². The van der Waals surface area contributed by atoms with E-state index in [1.807, 2.05) is 6.92 Å². The van der Waals surface area contributed by atoms with E-state index in [9.17, 15) is 8.42 Å². The zero-order chi connectivity index (χ0) is 14.6. The molecule has 20 heavy (non-hydrogen) atoms. The maximum Gasteiger partial charge on any atom is 0.261 e. The number of anilines is 1. The minimum absolute atomic E-state index is 0.163. The highest BCUT2D eigenvalue weighted by Gasteiger charge is 2.13. The van der Waals surface area contributed by atoms with E-state index in [0.29, 0.717) is 23.1 Å². The fraction of sp³-hybridized carbons (Fsp3) is 0.143. The van der Waals surface area contributed by atoms with Gasteiger partial charge in [-0.25, -0.2) is 8.42 Å². The zero-order valence-electron chi connectivity index (χ0n) is 10.8. The van der Waals surface area contributed by atoms with Gasteiger partial charge in [0.25, 0.3) is 10.0 Å². The van der Waals surface area contributed by atoms with Crippen LogP contribution in [0.15, 0.2) is 53.4 Å². The molecule has 0 aliphatic rings. The lowest BCUT2D eigenvalue weighted by atomic mass is 10.3. The van der Waals surface area contributed by atoms with Crippen LogP contribution in [-0.4, -0.2) is 15.0 Å². The van der Waals surface area contributed by atoms with Crippen LogP contribution in [0.3, 0.4) is 0 Å². The number of sulfonamides is 1. The summed E-state index contributed by atoms with van der Waals surface area (Å²) in [4.78, 5) is 0.163. The Bertz CT molecular complexity index is 667. The lowest BCUT2D eigenvalue weighted by molar-refractivity contribution is 0.340. The second kappa shape index (κ2) is 6.15. The molecule has 2 aromatic rings. The summed E-state index contributed by atoms with van der Waals surface area (Å²) in [5.41, 5.74) is 0.475. The van der Waals surface area contributed by atoms with Gasteiger partial charge in [0.05, 0.1) is 11.5 Å². The molecule has 0 radical (unpaired) electrons. The first-order chi connectivity index (χ1) is 9.51. The molecule has 2 aromatic carbocycles. The average molecular weight is 312 g/mol. The van der Waals surface area contributed by atoms with Crippen LogP contribution in [0.1, 0.15) is 6.92 Å². The second-order valence-electron chi connectivity index (χ2n) is 4.02. The summed E-state index contributed by atoms with van der Waals surface area (Å²) >= 11 is 5.74. The smallest absolute Gasteiger partial charge is 0.261 e. The van der Waals surface area contributed by atoms with Crippen molar-refractivity contribution in [1.82, 2.24) is 0 Å². The molecule has 6 heteroatoms.